The zero-order valence-corrected chi connectivity index (χ0v) is 19.6. The SMILES string of the molecule is Cn1cc(C(=O)ON2C(=O)c3ccccc3C2=O)c(C2CCCN(C(=O)OCc3ccccc3)C2)n1. The van der Waals surface area contributed by atoms with Gasteiger partial charge in [-0.25, -0.2) is 9.59 Å². The van der Waals surface area contributed by atoms with Gasteiger partial charge in [-0.2, -0.15) is 5.10 Å². The molecule has 1 unspecified atom stereocenters. The van der Waals surface area contributed by atoms with E-state index in [4.69, 9.17) is 9.57 Å². The summed E-state index contributed by atoms with van der Waals surface area (Å²) in [4.78, 5) is 57.8. The molecular weight excluding hydrogens is 464 g/mol. The molecule has 1 aromatic heterocycles. The lowest BCUT2D eigenvalue weighted by Gasteiger charge is -2.31. The number of hydroxylamine groups is 2. The Labute approximate surface area is 207 Å². The Morgan fingerprint density at radius 1 is 1.00 bits per heavy atom. The molecule has 2 aliphatic heterocycles. The largest absolute Gasteiger partial charge is 0.445 e. The maximum absolute atomic E-state index is 13.1. The number of imide groups is 1. The minimum atomic E-state index is -0.864. The number of benzene rings is 2. The minimum absolute atomic E-state index is 0.138. The van der Waals surface area contributed by atoms with Crippen LogP contribution in [-0.2, 0) is 23.2 Å². The summed E-state index contributed by atoms with van der Waals surface area (Å²) in [6.45, 7) is 1.02. The molecule has 0 N–H and O–H groups in total. The van der Waals surface area contributed by atoms with E-state index in [1.165, 1.54) is 23.0 Å². The van der Waals surface area contributed by atoms with Crippen LogP contribution in [0.25, 0.3) is 0 Å². The molecule has 1 fully saturated rings. The van der Waals surface area contributed by atoms with Crippen molar-refractivity contribution < 1.29 is 28.8 Å². The van der Waals surface area contributed by atoms with E-state index in [0.717, 1.165) is 5.56 Å². The summed E-state index contributed by atoms with van der Waals surface area (Å²) >= 11 is 0. The number of likely N-dealkylation sites (tertiary alicyclic amines) is 1. The molecule has 0 spiro atoms. The van der Waals surface area contributed by atoms with Gasteiger partial charge in [0.05, 0.1) is 16.8 Å². The summed E-state index contributed by atoms with van der Waals surface area (Å²) in [6.07, 6.45) is 2.46. The highest BCUT2D eigenvalue weighted by Crippen LogP contribution is 2.30. The summed E-state index contributed by atoms with van der Waals surface area (Å²) < 4.78 is 6.94. The van der Waals surface area contributed by atoms with Crippen LogP contribution in [0.1, 0.15) is 61.1 Å². The van der Waals surface area contributed by atoms with E-state index >= 15 is 0 Å². The molecule has 0 saturated carbocycles. The van der Waals surface area contributed by atoms with Crippen LogP contribution in [0.2, 0.25) is 0 Å². The van der Waals surface area contributed by atoms with Crippen molar-refractivity contribution in [1.29, 1.82) is 0 Å². The zero-order valence-electron chi connectivity index (χ0n) is 19.6. The van der Waals surface area contributed by atoms with Gasteiger partial charge in [0.1, 0.15) is 12.2 Å². The molecular formula is C26H24N4O6. The molecule has 1 saturated heterocycles. The Morgan fingerprint density at radius 3 is 2.36 bits per heavy atom. The second kappa shape index (κ2) is 9.65. The second-order valence-electron chi connectivity index (χ2n) is 8.76. The van der Waals surface area contributed by atoms with Crippen molar-refractivity contribution in [3.63, 3.8) is 0 Å². The van der Waals surface area contributed by atoms with Crippen LogP contribution in [0.3, 0.4) is 0 Å². The number of aryl methyl sites for hydroxylation is 1. The quantitative estimate of drug-likeness (QED) is 0.507. The first-order valence-electron chi connectivity index (χ1n) is 11.6. The maximum Gasteiger partial charge on any atom is 0.410 e. The van der Waals surface area contributed by atoms with Gasteiger partial charge in [0.2, 0.25) is 0 Å². The number of ether oxygens (including phenoxy) is 1. The topological polar surface area (TPSA) is 111 Å². The van der Waals surface area contributed by atoms with Crippen LogP contribution in [0.5, 0.6) is 0 Å². The molecule has 3 heterocycles. The monoisotopic (exact) mass is 488 g/mol. The van der Waals surface area contributed by atoms with Gasteiger partial charge in [-0.05, 0) is 30.5 Å². The number of hydrogen-bond acceptors (Lipinski definition) is 7. The fourth-order valence-electron chi connectivity index (χ4n) is 4.52. The van der Waals surface area contributed by atoms with Crippen LogP contribution in [0.15, 0.2) is 60.8 Å². The van der Waals surface area contributed by atoms with Crippen molar-refractivity contribution in [3.05, 3.63) is 88.7 Å². The second-order valence-corrected chi connectivity index (χ2v) is 8.76. The molecule has 36 heavy (non-hydrogen) atoms. The smallest absolute Gasteiger partial charge is 0.410 e. The number of carbonyl (C=O) groups excluding carboxylic acids is 4. The van der Waals surface area contributed by atoms with Crippen molar-refractivity contribution in [2.24, 2.45) is 7.05 Å². The molecule has 5 rings (SSSR count). The van der Waals surface area contributed by atoms with E-state index in [1.54, 1.807) is 24.1 Å². The lowest BCUT2D eigenvalue weighted by molar-refractivity contribution is -0.0585. The number of fused-ring (bicyclic) bond motifs is 1. The molecule has 10 heteroatoms. The Kier molecular flexibility index (Phi) is 6.24. The highest BCUT2D eigenvalue weighted by Gasteiger charge is 2.40. The van der Waals surface area contributed by atoms with Gasteiger partial charge in [-0.3, -0.25) is 14.3 Å². The average molecular weight is 489 g/mol. The Bertz CT molecular complexity index is 1300. The zero-order chi connectivity index (χ0) is 25.2. The highest BCUT2D eigenvalue weighted by molar-refractivity contribution is 6.21. The van der Waals surface area contributed by atoms with Gasteiger partial charge in [-0.1, -0.05) is 47.5 Å². The first-order chi connectivity index (χ1) is 17.4. The van der Waals surface area contributed by atoms with Gasteiger partial charge in [0.25, 0.3) is 11.8 Å². The molecule has 10 nitrogen and oxygen atoms in total. The summed E-state index contributed by atoms with van der Waals surface area (Å²) in [6, 6.07) is 15.7. The number of nitrogens with zero attached hydrogens (tertiary/aromatic N) is 4. The average Bonchev–Trinajstić information content (AvgIpc) is 3.41. The minimum Gasteiger partial charge on any atom is -0.445 e. The summed E-state index contributed by atoms with van der Waals surface area (Å²) in [5.41, 5.74) is 1.83. The van der Waals surface area contributed by atoms with Crippen molar-refractivity contribution in [2.45, 2.75) is 25.4 Å². The van der Waals surface area contributed by atoms with Crippen LogP contribution in [-0.4, -0.2) is 56.7 Å². The number of amides is 3. The predicted molar refractivity (Wildman–Crippen MR) is 126 cm³/mol. The van der Waals surface area contributed by atoms with Gasteiger partial charge in [0, 0.05) is 32.3 Å². The molecule has 0 aliphatic carbocycles. The first kappa shape index (κ1) is 23.3. The number of aromatic nitrogens is 2. The maximum atomic E-state index is 13.1. The number of carbonyl (C=O) groups is 4. The molecule has 184 valence electrons. The van der Waals surface area contributed by atoms with Crippen LogP contribution < -0.4 is 0 Å². The van der Waals surface area contributed by atoms with E-state index < -0.39 is 23.9 Å². The molecule has 3 aromatic rings. The van der Waals surface area contributed by atoms with Crippen molar-refractivity contribution in [1.82, 2.24) is 19.7 Å². The normalized spacial score (nSPS) is 17.2. The van der Waals surface area contributed by atoms with Gasteiger partial charge < -0.3 is 14.5 Å². The Morgan fingerprint density at radius 2 is 1.67 bits per heavy atom. The fraction of sp³-hybridized carbons (Fsp3) is 0.269. The summed E-state index contributed by atoms with van der Waals surface area (Å²) in [7, 11) is 1.66. The lowest BCUT2D eigenvalue weighted by atomic mass is 9.93. The fourth-order valence-corrected chi connectivity index (χ4v) is 4.52. The standard InChI is InChI=1S/C26H24N4O6/c1-28-15-21(25(33)36-30-23(31)19-11-5-6-12-20(19)24(30)32)22(27-28)18-10-7-13-29(14-18)26(34)35-16-17-8-3-2-4-9-17/h2-6,8-9,11-12,15,18H,7,10,13-14,16H2,1H3. The Balaban J connectivity index is 1.28. The molecule has 1 atom stereocenters. The highest BCUT2D eigenvalue weighted by atomic mass is 16.7. The van der Waals surface area contributed by atoms with Crippen LogP contribution in [0, 0.1) is 0 Å². The van der Waals surface area contributed by atoms with E-state index in [1.807, 2.05) is 30.3 Å². The van der Waals surface area contributed by atoms with Gasteiger partial charge in [-0.15, -0.1) is 0 Å². The van der Waals surface area contributed by atoms with E-state index in [-0.39, 0.29) is 29.2 Å². The molecule has 2 aromatic carbocycles. The van der Waals surface area contributed by atoms with Crippen LogP contribution in [0.4, 0.5) is 4.79 Å². The van der Waals surface area contributed by atoms with Crippen molar-refractivity contribution in [3.8, 4) is 0 Å². The lowest BCUT2D eigenvalue weighted by Crippen LogP contribution is -2.40. The molecule has 3 amide bonds. The molecule has 0 bridgehead atoms. The molecule has 2 aliphatic rings. The number of hydrogen-bond donors (Lipinski definition) is 0. The van der Waals surface area contributed by atoms with Gasteiger partial charge >= 0.3 is 12.1 Å². The van der Waals surface area contributed by atoms with Gasteiger partial charge in [0.15, 0.2) is 0 Å². The van der Waals surface area contributed by atoms with E-state index in [0.29, 0.717) is 36.7 Å². The van der Waals surface area contributed by atoms with E-state index in [2.05, 4.69) is 5.10 Å². The third-order valence-electron chi connectivity index (χ3n) is 6.28. The molecule has 0 radical (unpaired) electrons. The van der Waals surface area contributed by atoms with Crippen molar-refractivity contribution in [2.75, 3.05) is 13.1 Å². The Hall–Kier alpha value is -4.47. The number of piperidine rings is 1. The number of rotatable bonds is 5. The van der Waals surface area contributed by atoms with Crippen LogP contribution >= 0.6 is 0 Å². The summed E-state index contributed by atoms with van der Waals surface area (Å²) in [5.74, 6) is -2.50. The third kappa shape index (κ3) is 4.45. The van der Waals surface area contributed by atoms with E-state index in [9.17, 15) is 19.2 Å². The predicted octanol–water partition coefficient (Wildman–Crippen LogP) is 3.30. The van der Waals surface area contributed by atoms with Crippen molar-refractivity contribution >= 4 is 23.9 Å². The first-order valence-corrected chi connectivity index (χ1v) is 11.6. The third-order valence-corrected chi connectivity index (χ3v) is 6.28. The summed E-state index contributed by atoms with van der Waals surface area (Å²) in [5, 5.41) is 4.93.